The predicted molar refractivity (Wildman–Crippen MR) is 83.4 cm³/mol. The fourth-order valence-electron chi connectivity index (χ4n) is 2.67. The first-order valence-corrected chi connectivity index (χ1v) is 7.23. The van der Waals surface area contributed by atoms with Crippen LogP contribution in [0.15, 0.2) is 22.8 Å². The molecule has 4 heteroatoms. The van der Waals surface area contributed by atoms with E-state index in [1.54, 1.807) is 13.1 Å². The monoisotopic (exact) mass is 278 g/mol. The third-order valence-corrected chi connectivity index (χ3v) is 3.47. The molecular weight excluding hydrogens is 252 g/mol. The standard InChI is InChI=1S/C16H26N2O2/c1-6-8-12(18-20-9-7-2)15-13(17-5)10-16(3,4)11-14(15)19/h7,15H,2,6,8-11H2,1,3-5H3/b17-13?,18-12-/t15-/m1/s1. The summed E-state index contributed by atoms with van der Waals surface area (Å²) in [6, 6.07) is 0. The number of aliphatic imine (C=N–C) groups is 1. The van der Waals surface area contributed by atoms with Crippen LogP contribution in [0.4, 0.5) is 0 Å². The summed E-state index contributed by atoms with van der Waals surface area (Å²) in [6.07, 6.45) is 4.74. The molecule has 20 heavy (non-hydrogen) atoms. The maximum atomic E-state index is 12.5. The Morgan fingerprint density at radius 3 is 2.75 bits per heavy atom. The quantitative estimate of drug-likeness (QED) is 0.323. The minimum absolute atomic E-state index is 0.0122. The summed E-state index contributed by atoms with van der Waals surface area (Å²) in [5.74, 6) is -0.0888. The van der Waals surface area contributed by atoms with Crippen LogP contribution < -0.4 is 0 Å². The molecule has 0 bridgehead atoms. The Balaban J connectivity index is 3.01. The molecule has 0 radical (unpaired) electrons. The van der Waals surface area contributed by atoms with E-state index < -0.39 is 0 Å². The molecule has 0 N–H and O–H groups in total. The summed E-state index contributed by atoms with van der Waals surface area (Å²) in [5, 5.41) is 4.17. The Kier molecular flexibility index (Phi) is 6.11. The molecule has 1 aliphatic carbocycles. The lowest BCUT2D eigenvalue weighted by Crippen LogP contribution is -2.42. The van der Waals surface area contributed by atoms with E-state index in [1.807, 2.05) is 0 Å². The second kappa shape index (κ2) is 7.36. The number of Topliss-reactive ketones (excluding diaryl/α,β-unsaturated/α-hetero) is 1. The van der Waals surface area contributed by atoms with Gasteiger partial charge in [-0.1, -0.05) is 45.0 Å². The first-order valence-electron chi connectivity index (χ1n) is 7.23. The van der Waals surface area contributed by atoms with E-state index in [9.17, 15) is 4.79 Å². The molecule has 0 spiro atoms. The van der Waals surface area contributed by atoms with Crippen molar-refractivity contribution in [1.29, 1.82) is 0 Å². The van der Waals surface area contributed by atoms with Crippen molar-refractivity contribution in [1.82, 2.24) is 0 Å². The van der Waals surface area contributed by atoms with E-state index in [2.05, 4.69) is 37.5 Å². The van der Waals surface area contributed by atoms with Crippen molar-refractivity contribution < 1.29 is 9.63 Å². The topological polar surface area (TPSA) is 51.0 Å². The number of ketones is 1. The Labute approximate surface area is 122 Å². The largest absolute Gasteiger partial charge is 0.392 e. The van der Waals surface area contributed by atoms with Gasteiger partial charge in [0.05, 0.1) is 11.6 Å². The Morgan fingerprint density at radius 2 is 2.20 bits per heavy atom. The third kappa shape index (κ3) is 4.29. The number of hydrogen-bond acceptors (Lipinski definition) is 4. The molecule has 0 amide bonds. The van der Waals surface area contributed by atoms with Gasteiger partial charge in [0.15, 0.2) is 0 Å². The zero-order chi connectivity index (χ0) is 15.2. The molecule has 4 nitrogen and oxygen atoms in total. The van der Waals surface area contributed by atoms with Crippen LogP contribution in [0.5, 0.6) is 0 Å². The van der Waals surface area contributed by atoms with Crippen molar-refractivity contribution in [2.24, 2.45) is 21.5 Å². The molecule has 0 aromatic rings. The van der Waals surface area contributed by atoms with Crippen molar-refractivity contribution in [3.8, 4) is 0 Å². The average molecular weight is 278 g/mol. The summed E-state index contributed by atoms with van der Waals surface area (Å²) < 4.78 is 0. The van der Waals surface area contributed by atoms with Gasteiger partial charge in [0.25, 0.3) is 0 Å². The first-order chi connectivity index (χ1) is 9.45. The summed E-state index contributed by atoms with van der Waals surface area (Å²) in [7, 11) is 1.76. The van der Waals surface area contributed by atoms with Crippen LogP contribution >= 0.6 is 0 Å². The Bertz CT molecular complexity index is 422. The van der Waals surface area contributed by atoms with Gasteiger partial charge < -0.3 is 4.84 Å². The molecule has 0 aliphatic heterocycles. The molecule has 1 atom stereocenters. The fourth-order valence-corrected chi connectivity index (χ4v) is 2.67. The number of nitrogens with zero attached hydrogens (tertiary/aromatic N) is 2. The maximum absolute atomic E-state index is 12.5. The molecule has 1 fully saturated rings. The van der Waals surface area contributed by atoms with Crippen LogP contribution in [0, 0.1) is 11.3 Å². The SMILES string of the molecule is C=CCO/N=C(/CCC)[C@H]1C(=O)CC(C)(C)CC1=NC. The summed E-state index contributed by atoms with van der Waals surface area (Å²) in [4.78, 5) is 22.0. The molecule has 1 aliphatic rings. The van der Waals surface area contributed by atoms with Crippen molar-refractivity contribution in [2.45, 2.75) is 46.5 Å². The fraction of sp³-hybridized carbons (Fsp3) is 0.688. The Hall–Kier alpha value is -1.45. The zero-order valence-electron chi connectivity index (χ0n) is 13.1. The maximum Gasteiger partial charge on any atom is 0.147 e. The lowest BCUT2D eigenvalue weighted by molar-refractivity contribution is -0.122. The molecule has 1 saturated carbocycles. The zero-order valence-corrected chi connectivity index (χ0v) is 13.1. The van der Waals surface area contributed by atoms with E-state index in [4.69, 9.17) is 4.84 Å². The summed E-state index contributed by atoms with van der Waals surface area (Å²) in [6.45, 7) is 10.2. The van der Waals surface area contributed by atoms with Crippen molar-refractivity contribution in [2.75, 3.05) is 13.7 Å². The number of hydrogen-bond donors (Lipinski definition) is 0. The van der Waals surface area contributed by atoms with Crippen molar-refractivity contribution in [3.05, 3.63) is 12.7 Å². The van der Waals surface area contributed by atoms with Gasteiger partial charge in [-0.15, -0.1) is 0 Å². The highest BCUT2D eigenvalue weighted by atomic mass is 16.6. The van der Waals surface area contributed by atoms with Crippen LogP contribution in [0.3, 0.4) is 0 Å². The molecular formula is C16H26N2O2. The molecule has 0 saturated heterocycles. The van der Waals surface area contributed by atoms with Gasteiger partial charge in [-0.25, -0.2) is 0 Å². The van der Waals surface area contributed by atoms with Gasteiger partial charge in [-0.3, -0.25) is 9.79 Å². The molecule has 1 rings (SSSR count). The Morgan fingerprint density at radius 1 is 1.50 bits per heavy atom. The summed E-state index contributed by atoms with van der Waals surface area (Å²) >= 11 is 0. The van der Waals surface area contributed by atoms with Crippen LogP contribution in [0.25, 0.3) is 0 Å². The van der Waals surface area contributed by atoms with Gasteiger partial charge in [-0.05, 0) is 18.3 Å². The van der Waals surface area contributed by atoms with Crippen LogP contribution in [0.2, 0.25) is 0 Å². The van der Waals surface area contributed by atoms with E-state index in [-0.39, 0.29) is 17.1 Å². The van der Waals surface area contributed by atoms with Crippen LogP contribution in [0.1, 0.15) is 46.5 Å². The minimum Gasteiger partial charge on any atom is -0.392 e. The van der Waals surface area contributed by atoms with Gasteiger partial charge in [-0.2, -0.15) is 0 Å². The predicted octanol–water partition coefficient (Wildman–Crippen LogP) is 3.42. The number of oxime groups is 1. The lowest BCUT2D eigenvalue weighted by Gasteiger charge is -2.34. The van der Waals surface area contributed by atoms with E-state index >= 15 is 0 Å². The second-order valence-electron chi connectivity index (χ2n) is 6.05. The lowest BCUT2D eigenvalue weighted by atomic mass is 9.69. The average Bonchev–Trinajstić information content (AvgIpc) is 2.36. The smallest absolute Gasteiger partial charge is 0.147 e. The van der Waals surface area contributed by atoms with Gasteiger partial charge in [0, 0.05) is 19.2 Å². The molecule has 0 aromatic heterocycles. The minimum atomic E-state index is -0.294. The van der Waals surface area contributed by atoms with Crippen molar-refractivity contribution >= 4 is 17.2 Å². The van der Waals surface area contributed by atoms with E-state index in [0.717, 1.165) is 30.7 Å². The highest BCUT2D eigenvalue weighted by molar-refractivity contribution is 6.23. The highest BCUT2D eigenvalue weighted by Gasteiger charge is 2.40. The van der Waals surface area contributed by atoms with Crippen LogP contribution in [-0.2, 0) is 9.63 Å². The van der Waals surface area contributed by atoms with E-state index in [1.165, 1.54) is 0 Å². The van der Waals surface area contributed by atoms with Crippen LogP contribution in [-0.4, -0.2) is 30.9 Å². The van der Waals surface area contributed by atoms with Crippen molar-refractivity contribution in [3.63, 3.8) is 0 Å². The number of rotatable bonds is 6. The first kappa shape index (κ1) is 16.6. The normalized spacial score (nSPS) is 24.8. The van der Waals surface area contributed by atoms with E-state index in [0.29, 0.717) is 13.0 Å². The highest BCUT2D eigenvalue weighted by Crippen LogP contribution is 2.35. The number of carbonyl (C=O) groups excluding carboxylic acids is 1. The third-order valence-electron chi connectivity index (χ3n) is 3.47. The molecule has 0 unspecified atom stereocenters. The summed E-state index contributed by atoms with van der Waals surface area (Å²) in [5.41, 5.74) is 1.72. The molecule has 112 valence electrons. The number of carbonyl (C=O) groups is 1. The van der Waals surface area contributed by atoms with Gasteiger partial charge >= 0.3 is 0 Å². The van der Waals surface area contributed by atoms with Gasteiger partial charge in [0.2, 0.25) is 0 Å². The van der Waals surface area contributed by atoms with Gasteiger partial charge in [0.1, 0.15) is 12.4 Å². The second-order valence-corrected chi connectivity index (χ2v) is 6.05. The molecule has 0 aromatic carbocycles. The molecule has 0 heterocycles.